The van der Waals surface area contributed by atoms with Crippen molar-refractivity contribution in [1.82, 2.24) is 10.3 Å². The molecule has 4 rings (SSSR count). The molecule has 2 unspecified atom stereocenters. The van der Waals surface area contributed by atoms with Gasteiger partial charge in [0.15, 0.2) is 6.19 Å². The highest BCUT2D eigenvalue weighted by Gasteiger charge is 2.29. The average Bonchev–Trinajstić information content (AvgIpc) is 3.27. The zero-order valence-electron chi connectivity index (χ0n) is 16.8. The molecule has 158 valence electrons. The maximum atomic E-state index is 9.44. The number of aromatic nitrogens is 1. The van der Waals surface area contributed by atoms with Crippen LogP contribution in [0.15, 0.2) is 29.3 Å². The van der Waals surface area contributed by atoms with E-state index in [1.165, 1.54) is 0 Å². The van der Waals surface area contributed by atoms with E-state index in [1.807, 2.05) is 36.5 Å². The lowest BCUT2D eigenvalue weighted by atomic mass is 9.94. The highest BCUT2D eigenvalue weighted by molar-refractivity contribution is 5.98. The van der Waals surface area contributed by atoms with Gasteiger partial charge in [-0.1, -0.05) is 24.3 Å². The highest BCUT2D eigenvalue weighted by Crippen LogP contribution is 2.40. The van der Waals surface area contributed by atoms with E-state index in [0.29, 0.717) is 24.6 Å². The van der Waals surface area contributed by atoms with Crippen molar-refractivity contribution >= 4 is 23.3 Å². The lowest BCUT2D eigenvalue weighted by molar-refractivity contribution is 0.0106. The predicted octanol–water partition coefficient (Wildman–Crippen LogP) is 1.75. The number of pyridine rings is 1. The molecule has 0 radical (unpaired) electrons. The van der Waals surface area contributed by atoms with Crippen molar-refractivity contribution in [2.45, 2.75) is 31.6 Å². The van der Waals surface area contributed by atoms with Gasteiger partial charge in [0.05, 0.1) is 25.0 Å². The number of guanidine groups is 1. The largest absolute Gasteiger partial charge is 0.397 e. The van der Waals surface area contributed by atoms with Crippen LogP contribution in [0.5, 0.6) is 0 Å². The van der Waals surface area contributed by atoms with Gasteiger partial charge in [0, 0.05) is 12.2 Å². The smallest absolute Gasteiger partial charge is 0.211 e. The van der Waals surface area contributed by atoms with E-state index in [1.54, 1.807) is 0 Å². The minimum atomic E-state index is -0.578. The van der Waals surface area contributed by atoms with E-state index in [2.05, 4.69) is 20.6 Å². The standard InChI is InChI=1S/C21H22N8O2/c22-8-15-17(24)16-18(27-21(26-11-23)29-20(16)28-19(15)25)13-4-1-3-12(7-13)9-30-10-14-5-2-6-31-14/h1,3-4,7,14,18H,2,5-6,9-10H2,(H6,24,25,26,27,28,29). The van der Waals surface area contributed by atoms with E-state index in [9.17, 15) is 5.26 Å². The fourth-order valence-corrected chi connectivity index (χ4v) is 3.76. The fraction of sp³-hybridized carbons (Fsp3) is 0.333. The summed E-state index contributed by atoms with van der Waals surface area (Å²) in [4.78, 5) is 8.84. The molecule has 0 amide bonds. The third-order valence-corrected chi connectivity index (χ3v) is 5.22. The van der Waals surface area contributed by atoms with Crippen LogP contribution in [0.1, 0.15) is 41.1 Å². The van der Waals surface area contributed by atoms with E-state index in [4.69, 9.17) is 26.2 Å². The first-order valence-electron chi connectivity index (χ1n) is 9.87. The Balaban J connectivity index is 1.65. The summed E-state index contributed by atoms with van der Waals surface area (Å²) in [6.45, 7) is 1.77. The molecular weight excluding hydrogens is 396 g/mol. The summed E-state index contributed by atoms with van der Waals surface area (Å²) in [5, 5.41) is 23.9. The maximum Gasteiger partial charge on any atom is 0.211 e. The Morgan fingerprint density at radius 1 is 1.32 bits per heavy atom. The summed E-state index contributed by atoms with van der Waals surface area (Å²) in [7, 11) is 0. The number of benzene rings is 1. The molecule has 2 atom stereocenters. The number of rotatable bonds is 5. The topological polar surface area (TPSA) is 167 Å². The molecule has 0 bridgehead atoms. The van der Waals surface area contributed by atoms with Crippen LogP contribution < -0.4 is 22.1 Å². The second-order valence-corrected chi connectivity index (χ2v) is 7.30. The minimum Gasteiger partial charge on any atom is -0.397 e. The van der Waals surface area contributed by atoms with Crippen molar-refractivity contribution < 1.29 is 9.47 Å². The number of nitrogens with two attached hydrogens (primary N) is 2. The normalized spacial score (nSPS) is 19.5. The summed E-state index contributed by atoms with van der Waals surface area (Å²) in [6.07, 6.45) is 4.09. The zero-order chi connectivity index (χ0) is 21.8. The molecule has 1 fully saturated rings. The van der Waals surface area contributed by atoms with Gasteiger partial charge in [-0.3, -0.25) is 5.32 Å². The first-order valence-corrected chi connectivity index (χ1v) is 9.87. The van der Waals surface area contributed by atoms with Gasteiger partial charge >= 0.3 is 0 Å². The number of anilines is 3. The lowest BCUT2D eigenvalue weighted by Gasteiger charge is -2.26. The Morgan fingerprint density at radius 3 is 2.94 bits per heavy atom. The molecule has 2 aromatic rings. The van der Waals surface area contributed by atoms with E-state index in [-0.39, 0.29) is 29.1 Å². The van der Waals surface area contributed by atoms with Crippen molar-refractivity contribution in [1.29, 1.82) is 10.5 Å². The second kappa shape index (κ2) is 8.88. The van der Waals surface area contributed by atoms with Crippen molar-refractivity contribution in [2.24, 2.45) is 4.99 Å². The quantitative estimate of drug-likeness (QED) is 0.417. The molecule has 6 N–H and O–H groups in total. The molecule has 0 aliphatic carbocycles. The third kappa shape index (κ3) is 4.21. The molecule has 31 heavy (non-hydrogen) atoms. The molecule has 1 saturated heterocycles. The number of ether oxygens (including phenoxy) is 2. The number of nitrogens with zero attached hydrogens (tertiary/aromatic N) is 4. The molecule has 0 saturated carbocycles. The molecule has 3 heterocycles. The van der Waals surface area contributed by atoms with Crippen molar-refractivity contribution in [2.75, 3.05) is 30.0 Å². The van der Waals surface area contributed by atoms with Crippen LogP contribution in [0.4, 0.5) is 17.3 Å². The average molecular weight is 418 g/mol. The summed E-state index contributed by atoms with van der Waals surface area (Å²) >= 11 is 0. The van der Waals surface area contributed by atoms with Crippen LogP contribution in [0.2, 0.25) is 0 Å². The van der Waals surface area contributed by atoms with Gasteiger partial charge in [-0.2, -0.15) is 10.5 Å². The number of fused-ring (bicyclic) bond motifs is 1. The first kappa shape index (κ1) is 20.4. The third-order valence-electron chi connectivity index (χ3n) is 5.22. The number of nitrogens with one attached hydrogen (secondary N) is 2. The van der Waals surface area contributed by atoms with Gasteiger partial charge < -0.3 is 26.3 Å². The number of aliphatic imine (C=N–C) groups is 1. The van der Waals surface area contributed by atoms with E-state index < -0.39 is 6.04 Å². The van der Waals surface area contributed by atoms with E-state index in [0.717, 1.165) is 30.6 Å². The first-order chi connectivity index (χ1) is 15.1. The molecule has 10 nitrogen and oxygen atoms in total. The minimum absolute atomic E-state index is 0.0134. The van der Waals surface area contributed by atoms with Crippen LogP contribution >= 0.6 is 0 Å². The predicted molar refractivity (Wildman–Crippen MR) is 114 cm³/mol. The Hall–Kier alpha value is -3.86. The molecule has 0 spiro atoms. The molecular formula is C21H22N8O2. The van der Waals surface area contributed by atoms with Crippen molar-refractivity contribution in [3.63, 3.8) is 0 Å². The summed E-state index contributed by atoms with van der Waals surface area (Å²) < 4.78 is 11.4. The van der Waals surface area contributed by atoms with Crippen molar-refractivity contribution in [3.05, 3.63) is 46.5 Å². The van der Waals surface area contributed by atoms with Crippen molar-refractivity contribution in [3.8, 4) is 12.3 Å². The SMILES string of the molecule is N#CNC1=NC(c2cccc(COCC3CCCO3)c2)c2c(nc(N)c(C#N)c2N)N1. The summed E-state index contributed by atoms with van der Waals surface area (Å²) in [5.41, 5.74) is 14.8. The van der Waals surface area contributed by atoms with E-state index >= 15 is 0 Å². The summed E-state index contributed by atoms with van der Waals surface area (Å²) in [5.74, 6) is 0.585. The van der Waals surface area contributed by atoms with Crippen LogP contribution in [0, 0.1) is 22.8 Å². The molecule has 2 aliphatic heterocycles. The Morgan fingerprint density at radius 2 is 2.19 bits per heavy atom. The molecule has 10 heteroatoms. The van der Waals surface area contributed by atoms with Crippen LogP contribution in [-0.4, -0.2) is 30.3 Å². The number of nitriles is 2. The summed E-state index contributed by atoms with van der Waals surface area (Å²) in [6, 6.07) is 9.15. The molecule has 1 aromatic carbocycles. The van der Waals surface area contributed by atoms with Gasteiger partial charge in [-0.25, -0.2) is 9.98 Å². The Kier molecular flexibility index (Phi) is 5.85. The van der Waals surface area contributed by atoms with Gasteiger partial charge in [0.25, 0.3) is 0 Å². The van der Waals surface area contributed by atoms with Crippen LogP contribution in [0.25, 0.3) is 0 Å². The number of hydrogen-bond donors (Lipinski definition) is 4. The van der Waals surface area contributed by atoms with Gasteiger partial charge in [0.2, 0.25) is 5.96 Å². The maximum absolute atomic E-state index is 9.44. The Bertz CT molecular complexity index is 1100. The molecule has 2 aliphatic rings. The monoisotopic (exact) mass is 418 g/mol. The second-order valence-electron chi connectivity index (χ2n) is 7.30. The Labute approximate surface area is 179 Å². The number of nitrogen functional groups attached to an aromatic ring is 2. The van der Waals surface area contributed by atoms with Crippen LogP contribution in [0.3, 0.4) is 0 Å². The highest BCUT2D eigenvalue weighted by atomic mass is 16.5. The number of hydrogen-bond acceptors (Lipinski definition) is 10. The van der Waals surface area contributed by atoms with Gasteiger partial charge in [-0.05, 0) is 24.0 Å². The molecule has 1 aromatic heterocycles. The van der Waals surface area contributed by atoms with Crippen LogP contribution in [-0.2, 0) is 16.1 Å². The lowest BCUT2D eigenvalue weighted by Crippen LogP contribution is -2.32. The van der Waals surface area contributed by atoms with Gasteiger partial charge in [0.1, 0.15) is 29.3 Å². The fourth-order valence-electron chi connectivity index (χ4n) is 3.76. The van der Waals surface area contributed by atoms with Gasteiger partial charge in [-0.15, -0.1) is 0 Å². The zero-order valence-corrected chi connectivity index (χ0v) is 16.8.